The van der Waals surface area contributed by atoms with Crippen molar-refractivity contribution in [3.8, 4) is 0 Å². The van der Waals surface area contributed by atoms with Gasteiger partial charge in [-0.05, 0) is 67.6 Å². The second kappa shape index (κ2) is 7.98. The van der Waals surface area contributed by atoms with Gasteiger partial charge in [-0.15, -0.1) is 0 Å². The van der Waals surface area contributed by atoms with E-state index in [1.54, 1.807) is 19.1 Å². The van der Waals surface area contributed by atoms with E-state index in [4.69, 9.17) is 0 Å². The average molecular weight is 345 g/mol. The lowest BCUT2D eigenvalue weighted by molar-refractivity contribution is 0.101. The number of carbonyl (C=O) groups excluding carboxylic acids is 2. The molecule has 0 aliphatic heterocycles. The van der Waals surface area contributed by atoms with Gasteiger partial charge in [-0.2, -0.15) is 0 Å². The zero-order valence-electron chi connectivity index (χ0n) is 14.3. The van der Waals surface area contributed by atoms with Gasteiger partial charge >= 0.3 is 6.03 Å². The first-order valence-electron chi connectivity index (χ1n) is 8.21. The van der Waals surface area contributed by atoms with E-state index >= 15 is 0 Å². The molecule has 0 aliphatic carbocycles. The summed E-state index contributed by atoms with van der Waals surface area (Å²) in [6.45, 7) is 1.54. The first kappa shape index (κ1) is 17.2. The van der Waals surface area contributed by atoms with E-state index in [9.17, 15) is 9.59 Å². The van der Waals surface area contributed by atoms with Crippen molar-refractivity contribution in [3.63, 3.8) is 0 Å². The molecule has 0 saturated heterocycles. The van der Waals surface area contributed by atoms with Crippen LogP contribution >= 0.6 is 0 Å². The van der Waals surface area contributed by atoms with Gasteiger partial charge in [0, 0.05) is 28.3 Å². The van der Waals surface area contributed by atoms with Crippen LogP contribution < -0.4 is 16.0 Å². The molecule has 26 heavy (non-hydrogen) atoms. The molecule has 3 rings (SSSR count). The highest BCUT2D eigenvalue weighted by molar-refractivity contribution is 5.99. The summed E-state index contributed by atoms with van der Waals surface area (Å²) in [5.74, 6) is 0.0424. The fraction of sp³-hybridized carbons (Fsp3) is 0.0476. The SMILES string of the molecule is CC(=O)c1ccc(Nc2ccc(NC(=O)Nc3ccccc3)cc2)cc1. The minimum Gasteiger partial charge on any atom is -0.356 e. The quantitative estimate of drug-likeness (QED) is 0.551. The van der Waals surface area contributed by atoms with Crippen molar-refractivity contribution in [1.29, 1.82) is 0 Å². The van der Waals surface area contributed by atoms with Crippen molar-refractivity contribution in [1.82, 2.24) is 0 Å². The largest absolute Gasteiger partial charge is 0.356 e. The van der Waals surface area contributed by atoms with E-state index in [-0.39, 0.29) is 11.8 Å². The van der Waals surface area contributed by atoms with Crippen molar-refractivity contribution in [2.75, 3.05) is 16.0 Å². The number of nitrogens with one attached hydrogen (secondary N) is 3. The lowest BCUT2D eigenvalue weighted by Gasteiger charge is -2.10. The Labute approximate surface area is 152 Å². The Morgan fingerprint density at radius 1 is 0.615 bits per heavy atom. The highest BCUT2D eigenvalue weighted by Crippen LogP contribution is 2.20. The standard InChI is InChI=1S/C21H19N3O2/c1-15(25)16-7-9-18(10-8-16)22-19-11-13-20(14-12-19)24-21(26)23-17-5-3-2-4-6-17/h2-14,22H,1H3,(H2,23,24,26). The summed E-state index contributed by atoms with van der Waals surface area (Å²) in [5.41, 5.74) is 3.87. The fourth-order valence-corrected chi connectivity index (χ4v) is 2.41. The summed E-state index contributed by atoms with van der Waals surface area (Å²) in [4.78, 5) is 23.3. The van der Waals surface area contributed by atoms with Crippen LogP contribution in [0.25, 0.3) is 0 Å². The summed E-state index contributed by atoms with van der Waals surface area (Å²) in [6.07, 6.45) is 0. The average Bonchev–Trinajstić information content (AvgIpc) is 2.64. The number of amides is 2. The van der Waals surface area contributed by atoms with Crippen molar-refractivity contribution >= 4 is 34.6 Å². The Kier molecular flexibility index (Phi) is 5.29. The number of benzene rings is 3. The Morgan fingerprint density at radius 2 is 1.08 bits per heavy atom. The Morgan fingerprint density at radius 3 is 1.62 bits per heavy atom. The van der Waals surface area contributed by atoms with Gasteiger partial charge < -0.3 is 16.0 Å². The normalized spacial score (nSPS) is 10.0. The van der Waals surface area contributed by atoms with Crippen molar-refractivity contribution in [2.24, 2.45) is 0 Å². The maximum absolute atomic E-state index is 12.0. The first-order valence-corrected chi connectivity index (χ1v) is 8.21. The minimum absolute atomic E-state index is 0.0424. The number of ketones is 1. The highest BCUT2D eigenvalue weighted by Gasteiger charge is 2.03. The van der Waals surface area contributed by atoms with Crippen LogP contribution in [-0.4, -0.2) is 11.8 Å². The maximum Gasteiger partial charge on any atom is 0.323 e. The van der Waals surface area contributed by atoms with Crippen LogP contribution in [0.3, 0.4) is 0 Å². The molecule has 5 nitrogen and oxygen atoms in total. The molecule has 0 saturated carbocycles. The maximum atomic E-state index is 12.0. The van der Waals surface area contributed by atoms with Crippen LogP contribution in [0.5, 0.6) is 0 Å². The molecule has 2 amide bonds. The van der Waals surface area contributed by atoms with E-state index in [1.165, 1.54) is 0 Å². The molecule has 3 N–H and O–H groups in total. The molecule has 0 aromatic heterocycles. The van der Waals surface area contributed by atoms with Crippen molar-refractivity contribution in [2.45, 2.75) is 6.92 Å². The molecule has 3 aromatic rings. The predicted molar refractivity (Wildman–Crippen MR) is 105 cm³/mol. The van der Waals surface area contributed by atoms with Crippen molar-refractivity contribution in [3.05, 3.63) is 84.4 Å². The zero-order valence-corrected chi connectivity index (χ0v) is 14.3. The van der Waals surface area contributed by atoms with Gasteiger partial charge in [-0.3, -0.25) is 4.79 Å². The molecule has 5 heteroatoms. The van der Waals surface area contributed by atoms with Crippen LogP contribution in [0.4, 0.5) is 27.5 Å². The van der Waals surface area contributed by atoms with E-state index in [1.807, 2.05) is 66.7 Å². The molecule has 0 bridgehead atoms. The molecule has 0 spiro atoms. The van der Waals surface area contributed by atoms with Gasteiger partial charge in [-0.25, -0.2) is 4.79 Å². The number of carbonyl (C=O) groups is 2. The third kappa shape index (κ3) is 4.70. The molecule has 0 fully saturated rings. The summed E-state index contributed by atoms with van der Waals surface area (Å²) in [5, 5.41) is 8.80. The molecule has 3 aromatic carbocycles. The van der Waals surface area contributed by atoms with E-state index in [0.717, 1.165) is 17.1 Å². The third-order valence-electron chi connectivity index (χ3n) is 3.75. The minimum atomic E-state index is -0.295. The van der Waals surface area contributed by atoms with Gasteiger partial charge in [0.1, 0.15) is 0 Å². The Balaban J connectivity index is 1.57. The first-order chi connectivity index (χ1) is 12.6. The number of hydrogen-bond acceptors (Lipinski definition) is 3. The molecule has 0 unspecified atom stereocenters. The second-order valence-electron chi connectivity index (χ2n) is 5.78. The number of anilines is 4. The van der Waals surface area contributed by atoms with Gasteiger partial charge in [-0.1, -0.05) is 18.2 Å². The Hall–Kier alpha value is -3.60. The molecule has 0 heterocycles. The molecule has 0 radical (unpaired) electrons. The summed E-state index contributed by atoms with van der Waals surface area (Å²) in [6, 6.07) is 23.6. The number of Topliss-reactive ketones (excluding diaryl/α,β-unsaturated/α-hetero) is 1. The summed E-state index contributed by atoms with van der Waals surface area (Å²) >= 11 is 0. The highest BCUT2D eigenvalue weighted by atomic mass is 16.2. The number of para-hydroxylation sites is 1. The van der Waals surface area contributed by atoms with Crippen LogP contribution in [0.1, 0.15) is 17.3 Å². The zero-order chi connectivity index (χ0) is 18.4. The lowest BCUT2D eigenvalue weighted by atomic mass is 10.1. The number of hydrogen-bond donors (Lipinski definition) is 3. The molecular formula is C21H19N3O2. The summed E-state index contributed by atoms with van der Waals surface area (Å²) < 4.78 is 0. The predicted octanol–water partition coefficient (Wildman–Crippen LogP) is 5.28. The molecule has 130 valence electrons. The van der Waals surface area contributed by atoms with Crippen LogP contribution in [0.15, 0.2) is 78.9 Å². The summed E-state index contributed by atoms with van der Waals surface area (Å²) in [7, 11) is 0. The van der Waals surface area contributed by atoms with Gasteiger partial charge in [0.15, 0.2) is 5.78 Å². The van der Waals surface area contributed by atoms with Crippen LogP contribution in [0, 0.1) is 0 Å². The van der Waals surface area contributed by atoms with E-state index < -0.39 is 0 Å². The molecular weight excluding hydrogens is 326 g/mol. The smallest absolute Gasteiger partial charge is 0.323 e. The monoisotopic (exact) mass is 345 g/mol. The van der Waals surface area contributed by atoms with E-state index in [0.29, 0.717) is 11.3 Å². The van der Waals surface area contributed by atoms with Crippen LogP contribution in [-0.2, 0) is 0 Å². The van der Waals surface area contributed by atoms with Gasteiger partial charge in [0.25, 0.3) is 0 Å². The molecule has 0 atom stereocenters. The fourth-order valence-electron chi connectivity index (χ4n) is 2.41. The Bertz CT molecular complexity index is 889. The van der Waals surface area contributed by atoms with Crippen LogP contribution in [0.2, 0.25) is 0 Å². The second-order valence-corrected chi connectivity index (χ2v) is 5.78. The van der Waals surface area contributed by atoms with E-state index in [2.05, 4.69) is 16.0 Å². The lowest BCUT2D eigenvalue weighted by Crippen LogP contribution is -2.19. The van der Waals surface area contributed by atoms with Crippen molar-refractivity contribution < 1.29 is 9.59 Å². The number of rotatable bonds is 5. The molecule has 0 aliphatic rings. The number of urea groups is 1. The van der Waals surface area contributed by atoms with Gasteiger partial charge in [0.05, 0.1) is 0 Å². The van der Waals surface area contributed by atoms with Gasteiger partial charge in [0.2, 0.25) is 0 Å². The topological polar surface area (TPSA) is 70.2 Å². The third-order valence-corrected chi connectivity index (χ3v) is 3.75.